The number of allylic oxidation sites excluding steroid dienone is 1. The topological polar surface area (TPSA) is 0 Å². The van der Waals surface area contributed by atoms with E-state index in [-0.39, 0.29) is 5.41 Å². The van der Waals surface area contributed by atoms with Crippen molar-refractivity contribution in [1.29, 1.82) is 0 Å². The minimum Gasteiger partial charge on any atom is -0.103 e. The molecule has 0 amide bonds. The normalized spacial score (nSPS) is 17.1. The fraction of sp³-hybridized carbons (Fsp3) is 0.818. The first-order valence-corrected chi connectivity index (χ1v) is 5.65. The second-order valence-corrected chi connectivity index (χ2v) is 5.61. The highest BCUT2D eigenvalue weighted by atomic mass is 79.9. The third-order valence-corrected chi connectivity index (χ3v) is 3.53. The van der Waals surface area contributed by atoms with E-state index in [0.717, 1.165) is 5.33 Å². The second-order valence-electron chi connectivity index (χ2n) is 5.05. The fourth-order valence-corrected chi connectivity index (χ4v) is 1.39. The Morgan fingerprint density at radius 3 is 1.92 bits per heavy atom. The molecular weight excluding hydrogens is 212 g/mol. The van der Waals surface area contributed by atoms with Crippen molar-refractivity contribution >= 4 is 15.9 Å². The standard InChI is InChI=1S/C11H21Br/c1-6-11(5,9-12)8-7-10(2,3)4/h6H,1,7-9H2,2-5H3. The van der Waals surface area contributed by atoms with E-state index in [2.05, 4.69) is 56.3 Å². The Labute approximate surface area is 85.6 Å². The van der Waals surface area contributed by atoms with Crippen molar-refractivity contribution in [3.8, 4) is 0 Å². The molecule has 0 aromatic heterocycles. The highest BCUT2D eigenvalue weighted by Crippen LogP contribution is 2.32. The largest absolute Gasteiger partial charge is 0.103 e. The number of hydrogen-bond acceptors (Lipinski definition) is 0. The molecular formula is C11H21Br. The molecule has 1 atom stereocenters. The lowest BCUT2D eigenvalue weighted by Crippen LogP contribution is -2.18. The SMILES string of the molecule is C=CC(C)(CBr)CCC(C)(C)C. The van der Waals surface area contributed by atoms with Crippen LogP contribution in [-0.4, -0.2) is 5.33 Å². The monoisotopic (exact) mass is 232 g/mol. The lowest BCUT2D eigenvalue weighted by atomic mass is 9.80. The van der Waals surface area contributed by atoms with Crippen LogP contribution in [0.15, 0.2) is 12.7 Å². The second kappa shape index (κ2) is 4.45. The van der Waals surface area contributed by atoms with Crippen molar-refractivity contribution in [2.75, 3.05) is 5.33 Å². The average molecular weight is 233 g/mol. The quantitative estimate of drug-likeness (QED) is 0.498. The molecule has 0 aromatic carbocycles. The lowest BCUT2D eigenvalue weighted by molar-refractivity contribution is 0.304. The molecule has 0 aliphatic heterocycles. The maximum atomic E-state index is 3.87. The summed E-state index contributed by atoms with van der Waals surface area (Å²) in [5.74, 6) is 0. The van der Waals surface area contributed by atoms with Crippen LogP contribution >= 0.6 is 15.9 Å². The molecule has 0 spiro atoms. The molecule has 0 nitrogen and oxygen atoms in total. The van der Waals surface area contributed by atoms with Crippen molar-refractivity contribution in [3.63, 3.8) is 0 Å². The Morgan fingerprint density at radius 2 is 1.67 bits per heavy atom. The molecule has 0 heterocycles. The summed E-state index contributed by atoms with van der Waals surface area (Å²) >= 11 is 3.53. The third kappa shape index (κ3) is 4.97. The van der Waals surface area contributed by atoms with E-state index in [1.54, 1.807) is 0 Å². The van der Waals surface area contributed by atoms with Gasteiger partial charge in [0, 0.05) is 5.33 Å². The van der Waals surface area contributed by atoms with E-state index < -0.39 is 0 Å². The number of alkyl halides is 1. The van der Waals surface area contributed by atoms with E-state index in [4.69, 9.17) is 0 Å². The molecule has 0 aromatic rings. The molecule has 12 heavy (non-hydrogen) atoms. The van der Waals surface area contributed by atoms with Gasteiger partial charge in [0.15, 0.2) is 0 Å². The average Bonchev–Trinajstić information content (AvgIpc) is 1.99. The molecule has 1 heteroatoms. The Bertz CT molecular complexity index is 144. The van der Waals surface area contributed by atoms with Crippen molar-refractivity contribution in [2.24, 2.45) is 10.8 Å². The van der Waals surface area contributed by atoms with Crippen molar-refractivity contribution < 1.29 is 0 Å². The van der Waals surface area contributed by atoms with Crippen LogP contribution in [0.4, 0.5) is 0 Å². The van der Waals surface area contributed by atoms with Crippen LogP contribution in [0.3, 0.4) is 0 Å². The molecule has 0 rings (SSSR count). The number of halogens is 1. The molecule has 0 radical (unpaired) electrons. The summed E-state index contributed by atoms with van der Waals surface area (Å²) in [6, 6.07) is 0. The summed E-state index contributed by atoms with van der Waals surface area (Å²) in [6.45, 7) is 13.0. The predicted molar refractivity (Wildman–Crippen MR) is 60.8 cm³/mol. The van der Waals surface area contributed by atoms with E-state index in [9.17, 15) is 0 Å². The van der Waals surface area contributed by atoms with Gasteiger partial charge in [0.1, 0.15) is 0 Å². The highest BCUT2D eigenvalue weighted by molar-refractivity contribution is 9.09. The summed E-state index contributed by atoms with van der Waals surface area (Å²) in [6.07, 6.45) is 4.53. The Kier molecular flexibility index (Phi) is 4.54. The Morgan fingerprint density at radius 1 is 1.17 bits per heavy atom. The minimum atomic E-state index is 0.271. The number of hydrogen-bond donors (Lipinski definition) is 0. The van der Waals surface area contributed by atoms with Gasteiger partial charge < -0.3 is 0 Å². The molecule has 0 saturated heterocycles. The van der Waals surface area contributed by atoms with Gasteiger partial charge >= 0.3 is 0 Å². The molecule has 0 bridgehead atoms. The van der Waals surface area contributed by atoms with Crippen LogP contribution in [0.2, 0.25) is 0 Å². The highest BCUT2D eigenvalue weighted by Gasteiger charge is 2.21. The van der Waals surface area contributed by atoms with Crippen LogP contribution < -0.4 is 0 Å². The van der Waals surface area contributed by atoms with Crippen molar-refractivity contribution in [2.45, 2.75) is 40.5 Å². The summed E-state index contributed by atoms with van der Waals surface area (Å²) < 4.78 is 0. The van der Waals surface area contributed by atoms with Crippen LogP contribution in [0.5, 0.6) is 0 Å². The van der Waals surface area contributed by atoms with Gasteiger partial charge in [0.2, 0.25) is 0 Å². The van der Waals surface area contributed by atoms with Gasteiger partial charge in [-0.1, -0.05) is 49.7 Å². The third-order valence-electron chi connectivity index (χ3n) is 2.24. The van der Waals surface area contributed by atoms with Gasteiger partial charge in [0.25, 0.3) is 0 Å². The van der Waals surface area contributed by atoms with Gasteiger partial charge in [-0.3, -0.25) is 0 Å². The zero-order valence-corrected chi connectivity index (χ0v) is 10.4. The minimum absolute atomic E-state index is 0.271. The van der Waals surface area contributed by atoms with Gasteiger partial charge in [-0.15, -0.1) is 6.58 Å². The maximum absolute atomic E-state index is 3.87. The van der Waals surface area contributed by atoms with Crippen LogP contribution in [-0.2, 0) is 0 Å². The van der Waals surface area contributed by atoms with Crippen LogP contribution in [0.1, 0.15) is 40.5 Å². The summed E-state index contributed by atoms with van der Waals surface area (Å²) in [4.78, 5) is 0. The molecule has 1 unspecified atom stereocenters. The van der Waals surface area contributed by atoms with E-state index in [1.807, 2.05) is 0 Å². The zero-order chi connectivity index (χ0) is 9.83. The maximum Gasteiger partial charge on any atom is 0.0120 e. The van der Waals surface area contributed by atoms with Gasteiger partial charge in [-0.25, -0.2) is 0 Å². The predicted octanol–water partition coefficient (Wildman–Crippen LogP) is 4.40. The van der Waals surface area contributed by atoms with Gasteiger partial charge in [-0.2, -0.15) is 0 Å². The summed E-state index contributed by atoms with van der Waals surface area (Å²) in [5, 5.41) is 1.01. The van der Waals surface area contributed by atoms with Crippen molar-refractivity contribution in [1.82, 2.24) is 0 Å². The summed E-state index contributed by atoms with van der Waals surface area (Å²) in [7, 11) is 0. The van der Waals surface area contributed by atoms with Crippen molar-refractivity contribution in [3.05, 3.63) is 12.7 Å². The van der Waals surface area contributed by atoms with E-state index in [1.165, 1.54) is 12.8 Å². The first-order chi connectivity index (χ1) is 5.33. The Hall–Kier alpha value is 0.220. The molecule has 0 N–H and O–H groups in total. The fourth-order valence-electron chi connectivity index (χ4n) is 0.884. The first kappa shape index (κ1) is 12.2. The van der Waals surface area contributed by atoms with Gasteiger partial charge in [0.05, 0.1) is 0 Å². The van der Waals surface area contributed by atoms with Crippen LogP contribution in [0.25, 0.3) is 0 Å². The van der Waals surface area contributed by atoms with Crippen LogP contribution in [0, 0.1) is 10.8 Å². The molecule has 0 saturated carbocycles. The van der Waals surface area contributed by atoms with Gasteiger partial charge in [-0.05, 0) is 23.7 Å². The Balaban J connectivity index is 3.98. The zero-order valence-electron chi connectivity index (χ0n) is 8.78. The summed E-state index contributed by atoms with van der Waals surface area (Å²) in [5.41, 5.74) is 0.708. The number of rotatable bonds is 4. The van der Waals surface area contributed by atoms with E-state index in [0.29, 0.717) is 5.41 Å². The molecule has 72 valence electrons. The van der Waals surface area contributed by atoms with E-state index >= 15 is 0 Å². The first-order valence-electron chi connectivity index (χ1n) is 4.52. The molecule has 0 fully saturated rings. The molecule has 0 aliphatic carbocycles. The lowest BCUT2D eigenvalue weighted by Gasteiger charge is -2.27. The molecule has 0 aliphatic rings. The smallest absolute Gasteiger partial charge is 0.0120 e.